The van der Waals surface area contributed by atoms with Crippen molar-refractivity contribution in [1.82, 2.24) is 14.8 Å². The zero-order chi connectivity index (χ0) is 19.9. The van der Waals surface area contributed by atoms with E-state index in [0.717, 1.165) is 38.4 Å². The minimum absolute atomic E-state index is 0.0433. The van der Waals surface area contributed by atoms with Crippen LogP contribution in [0.2, 0.25) is 0 Å². The molecule has 1 aliphatic rings. The molecule has 1 N–H and O–H groups in total. The summed E-state index contributed by atoms with van der Waals surface area (Å²) in [5.74, 6) is -0.290. The Morgan fingerprint density at radius 1 is 1.14 bits per heavy atom. The molecule has 0 spiro atoms. The number of amides is 1. The Hall–Kier alpha value is -2.58. The lowest BCUT2D eigenvalue weighted by molar-refractivity contribution is -0.121. The average Bonchev–Trinajstić information content (AvgIpc) is 2.70. The monoisotopic (exact) mass is 390 g/mol. The average molecular weight is 390 g/mol. The number of hydrogen-bond donors (Lipinski definition) is 1. The maximum Gasteiger partial charge on any atom is 0.387 e. The van der Waals surface area contributed by atoms with Crippen LogP contribution in [-0.4, -0.2) is 59.5 Å². The summed E-state index contributed by atoms with van der Waals surface area (Å²) in [5, 5.41) is 2.70. The van der Waals surface area contributed by atoms with E-state index < -0.39 is 6.61 Å². The van der Waals surface area contributed by atoms with Crippen LogP contribution >= 0.6 is 0 Å². The van der Waals surface area contributed by atoms with Gasteiger partial charge in [0.1, 0.15) is 5.75 Å². The van der Waals surface area contributed by atoms with Crippen LogP contribution in [0.15, 0.2) is 48.7 Å². The van der Waals surface area contributed by atoms with E-state index in [4.69, 9.17) is 0 Å². The third-order valence-corrected chi connectivity index (χ3v) is 4.81. The Morgan fingerprint density at radius 3 is 2.54 bits per heavy atom. The largest absolute Gasteiger partial charge is 0.433 e. The molecule has 1 amide bonds. The van der Waals surface area contributed by atoms with Crippen LogP contribution in [0, 0.1) is 0 Å². The van der Waals surface area contributed by atoms with Gasteiger partial charge in [-0.25, -0.2) is 0 Å². The molecule has 1 aromatic heterocycles. The summed E-state index contributed by atoms with van der Waals surface area (Å²) in [6, 6.07) is 11.7. The smallest absolute Gasteiger partial charge is 0.387 e. The number of benzene rings is 1. The second-order valence-electron chi connectivity index (χ2n) is 6.67. The zero-order valence-electron chi connectivity index (χ0n) is 15.7. The number of ether oxygens (including phenoxy) is 1. The quantitative estimate of drug-likeness (QED) is 0.788. The molecule has 1 aliphatic heterocycles. The van der Waals surface area contributed by atoms with Crippen LogP contribution < -0.4 is 10.1 Å². The number of alkyl halides is 2. The number of halogens is 2. The zero-order valence-corrected chi connectivity index (χ0v) is 15.7. The number of pyridine rings is 1. The molecule has 1 fully saturated rings. The summed E-state index contributed by atoms with van der Waals surface area (Å²) in [5.41, 5.74) is 1.27. The predicted molar refractivity (Wildman–Crippen MR) is 102 cm³/mol. The highest BCUT2D eigenvalue weighted by molar-refractivity contribution is 5.95. The van der Waals surface area contributed by atoms with Gasteiger partial charge in [-0.15, -0.1) is 0 Å². The van der Waals surface area contributed by atoms with Gasteiger partial charge in [-0.1, -0.05) is 18.2 Å². The van der Waals surface area contributed by atoms with E-state index in [0.29, 0.717) is 0 Å². The molecule has 2 heterocycles. The molecule has 1 saturated heterocycles. The number of piperazine rings is 1. The number of carbonyl (C=O) groups excluding carboxylic acids is 1. The number of nitrogens with zero attached hydrogens (tertiary/aromatic N) is 3. The molecule has 0 radical (unpaired) electrons. The van der Waals surface area contributed by atoms with Crippen molar-refractivity contribution in [2.45, 2.75) is 26.1 Å². The van der Waals surface area contributed by atoms with Crippen LogP contribution in [0.1, 0.15) is 12.6 Å². The minimum atomic E-state index is -2.94. The molecule has 1 atom stereocenters. The van der Waals surface area contributed by atoms with Gasteiger partial charge in [0.05, 0.1) is 17.4 Å². The number of aromatic nitrogens is 1. The summed E-state index contributed by atoms with van der Waals surface area (Å²) < 4.78 is 29.5. The first-order chi connectivity index (χ1) is 13.5. The van der Waals surface area contributed by atoms with Gasteiger partial charge in [0.25, 0.3) is 0 Å². The summed E-state index contributed by atoms with van der Waals surface area (Å²) in [7, 11) is 0. The highest BCUT2D eigenvalue weighted by atomic mass is 19.3. The van der Waals surface area contributed by atoms with Crippen LogP contribution in [0.5, 0.6) is 5.75 Å². The summed E-state index contributed by atoms with van der Waals surface area (Å²) in [6.07, 6.45) is 1.79. The molecular weight excluding hydrogens is 366 g/mol. The van der Waals surface area contributed by atoms with Gasteiger partial charge in [-0.2, -0.15) is 8.78 Å². The molecular formula is C20H24F2N4O2. The van der Waals surface area contributed by atoms with E-state index in [9.17, 15) is 13.6 Å². The second-order valence-corrected chi connectivity index (χ2v) is 6.67. The number of nitrogens with one attached hydrogen (secondary N) is 1. The normalized spacial score (nSPS) is 16.7. The molecule has 2 aromatic rings. The van der Waals surface area contributed by atoms with Gasteiger partial charge >= 0.3 is 6.61 Å². The fourth-order valence-corrected chi connectivity index (χ4v) is 3.20. The Bertz CT molecular complexity index is 768. The predicted octanol–water partition coefficient (Wildman–Crippen LogP) is 2.83. The van der Waals surface area contributed by atoms with E-state index in [1.807, 2.05) is 25.1 Å². The van der Waals surface area contributed by atoms with Crippen LogP contribution in [0.4, 0.5) is 14.5 Å². The fraction of sp³-hybridized carbons (Fsp3) is 0.400. The topological polar surface area (TPSA) is 57.7 Å². The van der Waals surface area contributed by atoms with Crippen molar-refractivity contribution < 1.29 is 18.3 Å². The van der Waals surface area contributed by atoms with Crippen molar-refractivity contribution in [3.63, 3.8) is 0 Å². The van der Waals surface area contributed by atoms with Crippen molar-refractivity contribution in [2.75, 3.05) is 31.5 Å². The fourth-order valence-electron chi connectivity index (χ4n) is 3.20. The van der Waals surface area contributed by atoms with Crippen LogP contribution in [0.3, 0.4) is 0 Å². The van der Waals surface area contributed by atoms with Gasteiger partial charge in [0.2, 0.25) is 5.91 Å². The number of para-hydroxylation sites is 2. The van der Waals surface area contributed by atoms with E-state index in [-0.39, 0.29) is 23.4 Å². The minimum Gasteiger partial charge on any atom is -0.433 e. The first-order valence-electron chi connectivity index (χ1n) is 9.24. The molecule has 6 nitrogen and oxygen atoms in total. The Morgan fingerprint density at radius 2 is 1.86 bits per heavy atom. The van der Waals surface area contributed by atoms with E-state index >= 15 is 0 Å². The van der Waals surface area contributed by atoms with Crippen molar-refractivity contribution >= 4 is 11.6 Å². The lowest BCUT2D eigenvalue weighted by atomic mass is 10.2. The first-order valence-corrected chi connectivity index (χ1v) is 9.24. The lowest BCUT2D eigenvalue weighted by Gasteiger charge is -2.37. The van der Waals surface area contributed by atoms with Gasteiger partial charge in [0, 0.05) is 38.9 Å². The molecule has 1 aromatic carbocycles. The van der Waals surface area contributed by atoms with Crippen molar-refractivity contribution in [2.24, 2.45) is 0 Å². The molecule has 28 heavy (non-hydrogen) atoms. The van der Waals surface area contributed by atoms with E-state index in [2.05, 4.69) is 24.8 Å². The Balaban J connectivity index is 1.52. The lowest BCUT2D eigenvalue weighted by Crippen LogP contribution is -2.52. The second kappa shape index (κ2) is 9.57. The maximum absolute atomic E-state index is 12.6. The molecule has 0 bridgehead atoms. The molecule has 8 heteroatoms. The first kappa shape index (κ1) is 20.2. The standard InChI is InChI=1S/C20H24F2N4O2/c1-15(19(27)24-17-7-2-3-8-18(17)28-20(21)22)26-12-10-25(11-13-26)14-16-6-4-5-9-23-16/h2-9,15,20H,10-14H2,1H3,(H,24,27). The van der Waals surface area contributed by atoms with Gasteiger partial charge < -0.3 is 10.1 Å². The summed E-state index contributed by atoms with van der Waals surface area (Å²) in [4.78, 5) is 21.3. The van der Waals surface area contributed by atoms with Gasteiger partial charge in [-0.05, 0) is 31.2 Å². The number of anilines is 1. The summed E-state index contributed by atoms with van der Waals surface area (Å²) >= 11 is 0. The van der Waals surface area contributed by atoms with Crippen molar-refractivity contribution in [3.05, 3.63) is 54.4 Å². The highest BCUT2D eigenvalue weighted by Gasteiger charge is 2.26. The Labute approximate surface area is 163 Å². The molecule has 0 saturated carbocycles. The van der Waals surface area contributed by atoms with E-state index in [1.165, 1.54) is 6.07 Å². The number of rotatable bonds is 7. The van der Waals surface area contributed by atoms with E-state index in [1.54, 1.807) is 24.4 Å². The Kier molecular flexibility index (Phi) is 6.89. The molecule has 3 rings (SSSR count). The third kappa shape index (κ3) is 5.46. The van der Waals surface area contributed by atoms with Crippen LogP contribution in [-0.2, 0) is 11.3 Å². The molecule has 0 aliphatic carbocycles. The third-order valence-electron chi connectivity index (χ3n) is 4.81. The van der Waals surface area contributed by atoms with Crippen molar-refractivity contribution in [3.8, 4) is 5.75 Å². The van der Waals surface area contributed by atoms with Crippen LogP contribution in [0.25, 0.3) is 0 Å². The number of hydrogen-bond acceptors (Lipinski definition) is 5. The highest BCUT2D eigenvalue weighted by Crippen LogP contribution is 2.26. The summed E-state index contributed by atoms with van der Waals surface area (Å²) in [6.45, 7) is 2.82. The molecule has 150 valence electrons. The SMILES string of the molecule is CC(C(=O)Nc1ccccc1OC(F)F)N1CCN(Cc2ccccn2)CC1. The van der Waals surface area contributed by atoms with Gasteiger partial charge in [0.15, 0.2) is 0 Å². The maximum atomic E-state index is 12.6. The van der Waals surface area contributed by atoms with Crippen molar-refractivity contribution in [1.29, 1.82) is 0 Å². The van der Waals surface area contributed by atoms with Gasteiger partial charge in [-0.3, -0.25) is 19.6 Å². The number of carbonyl (C=O) groups is 1. The molecule has 1 unspecified atom stereocenters.